The molecule has 5 nitrogen and oxygen atoms in total. The van der Waals surface area contributed by atoms with Crippen LogP contribution in [-0.4, -0.2) is 16.8 Å². The highest BCUT2D eigenvalue weighted by Crippen LogP contribution is 2.24. The van der Waals surface area contributed by atoms with E-state index in [0.717, 1.165) is 12.8 Å². The fraction of sp³-hybridized carbons (Fsp3) is 0.364. The Bertz CT molecular complexity index is 469. The number of nitrogen functional groups attached to an aromatic ring is 1. The van der Waals surface area contributed by atoms with Crippen molar-refractivity contribution in [2.45, 2.75) is 26.2 Å². The summed E-state index contributed by atoms with van der Waals surface area (Å²) < 4.78 is 0. The number of carbonyl (C=O) groups excluding carboxylic acids is 2. The van der Waals surface area contributed by atoms with Crippen molar-refractivity contribution in [1.29, 1.82) is 0 Å². The van der Waals surface area contributed by atoms with Crippen LogP contribution in [0, 0.1) is 0 Å². The molecule has 2 amide bonds. The topological polar surface area (TPSA) is 85.1 Å². The van der Waals surface area contributed by atoms with Gasteiger partial charge in [0.25, 0.3) is 11.8 Å². The van der Waals surface area contributed by atoms with Crippen molar-refractivity contribution in [2.24, 2.45) is 0 Å². The molecule has 0 unspecified atom stereocenters. The van der Waals surface area contributed by atoms with Gasteiger partial charge in [0.15, 0.2) is 0 Å². The first kappa shape index (κ1) is 10.6. The number of carbonyl (C=O) groups is 2. The number of pyridine rings is 1. The lowest BCUT2D eigenvalue weighted by atomic mass is 10.0. The molecule has 0 radical (unpaired) electrons. The molecule has 84 valence electrons. The molecule has 1 aromatic rings. The summed E-state index contributed by atoms with van der Waals surface area (Å²) in [5.41, 5.74) is 7.21. The van der Waals surface area contributed by atoms with E-state index in [1.54, 1.807) is 0 Å². The number of nitrogens with two attached hydrogens (primary N) is 1. The van der Waals surface area contributed by atoms with Gasteiger partial charge >= 0.3 is 0 Å². The number of aryl methyl sites for hydroxylation is 1. The standard InChI is InChI=1S/C11H13N3O2/c1-2-3-4-7-9-8(6(12)5-13-7)10(15)14-11(9)16/h5H,2-4,12H2,1H3,(H,14,15,16). The number of nitrogens with one attached hydrogen (secondary N) is 1. The SMILES string of the molecule is CCCCc1ncc(N)c2c1C(=O)NC2=O. The molecule has 2 heterocycles. The zero-order chi connectivity index (χ0) is 11.7. The molecular weight excluding hydrogens is 206 g/mol. The van der Waals surface area contributed by atoms with Gasteiger partial charge in [-0.05, 0) is 12.8 Å². The number of amides is 2. The van der Waals surface area contributed by atoms with E-state index < -0.39 is 5.91 Å². The predicted molar refractivity (Wildman–Crippen MR) is 59.1 cm³/mol. The van der Waals surface area contributed by atoms with Crippen molar-refractivity contribution in [1.82, 2.24) is 10.3 Å². The number of nitrogens with zero attached hydrogens (tertiary/aromatic N) is 1. The third-order valence-corrected chi connectivity index (χ3v) is 2.64. The van der Waals surface area contributed by atoms with Gasteiger partial charge in [0.2, 0.25) is 0 Å². The lowest BCUT2D eigenvalue weighted by Crippen LogP contribution is -2.20. The normalized spacial score (nSPS) is 13.8. The van der Waals surface area contributed by atoms with Gasteiger partial charge in [-0.3, -0.25) is 19.9 Å². The van der Waals surface area contributed by atoms with Gasteiger partial charge in [0.1, 0.15) is 0 Å². The fourth-order valence-corrected chi connectivity index (χ4v) is 1.82. The predicted octanol–water partition coefficient (Wildman–Crippen LogP) is 0.890. The van der Waals surface area contributed by atoms with Gasteiger partial charge in [-0.1, -0.05) is 13.3 Å². The van der Waals surface area contributed by atoms with Gasteiger partial charge in [0.05, 0.1) is 28.7 Å². The highest BCUT2D eigenvalue weighted by Gasteiger charge is 2.32. The second kappa shape index (κ2) is 3.92. The minimum absolute atomic E-state index is 0.263. The number of fused-ring (bicyclic) bond motifs is 1. The van der Waals surface area contributed by atoms with Crippen molar-refractivity contribution in [3.8, 4) is 0 Å². The van der Waals surface area contributed by atoms with Crippen LogP contribution in [0.4, 0.5) is 5.69 Å². The summed E-state index contributed by atoms with van der Waals surface area (Å²) in [5.74, 6) is -0.802. The second-order valence-electron chi connectivity index (χ2n) is 3.80. The summed E-state index contributed by atoms with van der Waals surface area (Å²) in [6.45, 7) is 2.06. The zero-order valence-corrected chi connectivity index (χ0v) is 9.04. The minimum atomic E-state index is -0.419. The Morgan fingerprint density at radius 1 is 1.31 bits per heavy atom. The Morgan fingerprint density at radius 3 is 2.69 bits per heavy atom. The number of hydrogen-bond acceptors (Lipinski definition) is 4. The van der Waals surface area contributed by atoms with Crippen molar-refractivity contribution in [3.05, 3.63) is 23.0 Å². The molecule has 0 aromatic carbocycles. The van der Waals surface area contributed by atoms with Crippen LogP contribution in [0.1, 0.15) is 46.2 Å². The maximum atomic E-state index is 11.6. The molecule has 1 aromatic heterocycles. The first-order chi connectivity index (χ1) is 7.65. The molecule has 0 bridgehead atoms. The highest BCUT2D eigenvalue weighted by atomic mass is 16.2. The van der Waals surface area contributed by atoms with Crippen LogP contribution in [0.25, 0.3) is 0 Å². The van der Waals surface area contributed by atoms with Crippen LogP contribution in [0.15, 0.2) is 6.20 Å². The van der Waals surface area contributed by atoms with Gasteiger partial charge < -0.3 is 5.73 Å². The molecule has 5 heteroatoms. The maximum absolute atomic E-state index is 11.6. The van der Waals surface area contributed by atoms with E-state index in [-0.39, 0.29) is 17.2 Å². The van der Waals surface area contributed by atoms with Crippen LogP contribution in [0.2, 0.25) is 0 Å². The number of hydrogen-bond donors (Lipinski definition) is 2. The molecule has 0 atom stereocenters. The third kappa shape index (κ3) is 1.54. The highest BCUT2D eigenvalue weighted by molar-refractivity contribution is 6.24. The first-order valence-corrected chi connectivity index (χ1v) is 5.28. The lowest BCUT2D eigenvalue weighted by Gasteiger charge is -2.05. The number of anilines is 1. The average molecular weight is 219 g/mol. The average Bonchev–Trinajstić information content (AvgIpc) is 2.55. The number of imide groups is 1. The molecule has 2 rings (SSSR count). The first-order valence-electron chi connectivity index (χ1n) is 5.28. The van der Waals surface area contributed by atoms with E-state index in [9.17, 15) is 9.59 Å². The summed E-state index contributed by atoms with van der Waals surface area (Å²) >= 11 is 0. The van der Waals surface area contributed by atoms with E-state index in [4.69, 9.17) is 5.73 Å². The van der Waals surface area contributed by atoms with Crippen molar-refractivity contribution in [3.63, 3.8) is 0 Å². The Kier molecular flexibility index (Phi) is 2.60. The molecule has 0 spiro atoms. The molecule has 0 aliphatic carbocycles. The van der Waals surface area contributed by atoms with Crippen LogP contribution in [0.3, 0.4) is 0 Å². The Balaban J connectivity index is 2.50. The van der Waals surface area contributed by atoms with Crippen LogP contribution < -0.4 is 11.1 Å². The van der Waals surface area contributed by atoms with Gasteiger partial charge in [-0.25, -0.2) is 0 Å². The monoisotopic (exact) mass is 219 g/mol. The van der Waals surface area contributed by atoms with Crippen molar-refractivity contribution >= 4 is 17.5 Å². The Morgan fingerprint density at radius 2 is 2.00 bits per heavy atom. The summed E-state index contributed by atoms with van der Waals surface area (Å²) in [6.07, 6.45) is 4.09. The lowest BCUT2D eigenvalue weighted by molar-refractivity contribution is 0.0879. The Labute approximate surface area is 93.0 Å². The zero-order valence-electron chi connectivity index (χ0n) is 9.04. The van der Waals surface area contributed by atoms with Crippen molar-refractivity contribution < 1.29 is 9.59 Å². The van der Waals surface area contributed by atoms with E-state index >= 15 is 0 Å². The summed E-state index contributed by atoms with van der Waals surface area (Å²) in [5, 5.41) is 2.24. The van der Waals surface area contributed by atoms with Crippen LogP contribution in [0.5, 0.6) is 0 Å². The molecule has 0 fully saturated rings. The van der Waals surface area contributed by atoms with E-state index in [0.29, 0.717) is 17.7 Å². The summed E-state index contributed by atoms with van der Waals surface area (Å²) in [7, 11) is 0. The molecule has 0 saturated heterocycles. The van der Waals surface area contributed by atoms with E-state index in [1.165, 1.54) is 6.20 Å². The minimum Gasteiger partial charge on any atom is -0.397 e. The molecule has 3 N–H and O–H groups in total. The van der Waals surface area contributed by atoms with Crippen molar-refractivity contribution in [2.75, 3.05) is 5.73 Å². The van der Waals surface area contributed by atoms with E-state index in [2.05, 4.69) is 17.2 Å². The summed E-state index contributed by atoms with van der Waals surface area (Å²) in [4.78, 5) is 27.2. The molecule has 0 saturated carbocycles. The van der Waals surface area contributed by atoms with Crippen LogP contribution in [-0.2, 0) is 6.42 Å². The van der Waals surface area contributed by atoms with Gasteiger partial charge in [-0.2, -0.15) is 0 Å². The quantitative estimate of drug-likeness (QED) is 0.739. The maximum Gasteiger partial charge on any atom is 0.261 e. The largest absolute Gasteiger partial charge is 0.397 e. The third-order valence-electron chi connectivity index (χ3n) is 2.64. The van der Waals surface area contributed by atoms with E-state index in [1.807, 2.05) is 0 Å². The molecule has 1 aliphatic rings. The smallest absolute Gasteiger partial charge is 0.261 e. The molecule has 16 heavy (non-hydrogen) atoms. The number of rotatable bonds is 3. The van der Waals surface area contributed by atoms with Crippen LogP contribution >= 0.6 is 0 Å². The number of unbranched alkanes of at least 4 members (excludes halogenated alkanes) is 1. The fourth-order valence-electron chi connectivity index (χ4n) is 1.82. The number of aromatic nitrogens is 1. The van der Waals surface area contributed by atoms with Gasteiger partial charge in [-0.15, -0.1) is 0 Å². The Hall–Kier alpha value is -1.91. The molecular formula is C11H13N3O2. The second-order valence-corrected chi connectivity index (χ2v) is 3.80. The summed E-state index contributed by atoms with van der Waals surface area (Å²) in [6, 6.07) is 0. The van der Waals surface area contributed by atoms with Gasteiger partial charge in [0, 0.05) is 0 Å². The molecule has 1 aliphatic heterocycles.